The third kappa shape index (κ3) is 5.23. The van der Waals surface area contributed by atoms with Crippen LogP contribution in [0, 0.1) is 0 Å². The van der Waals surface area contributed by atoms with E-state index in [4.69, 9.17) is 4.74 Å². The first-order chi connectivity index (χ1) is 14.7. The van der Waals surface area contributed by atoms with Crippen molar-refractivity contribution in [3.05, 3.63) is 35.3 Å². The number of anilines is 2. The van der Waals surface area contributed by atoms with Gasteiger partial charge in [0.2, 0.25) is 0 Å². The number of aromatic nitrogens is 1. The van der Waals surface area contributed by atoms with Crippen molar-refractivity contribution >= 4 is 28.1 Å². The summed E-state index contributed by atoms with van der Waals surface area (Å²) in [6.07, 6.45) is 3.88. The van der Waals surface area contributed by atoms with Gasteiger partial charge in [0.15, 0.2) is 5.13 Å². The van der Waals surface area contributed by atoms with Crippen molar-refractivity contribution in [2.75, 3.05) is 69.3 Å². The predicted octanol–water partition coefficient (Wildman–Crippen LogP) is 2.69. The van der Waals surface area contributed by atoms with E-state index in [1.54, 1.807) is 18.4 Å². The fourth-order valence-electron chi connectivity index (χ4n) is 4.06. The Morgan fingerprint density at radius 1 is 1.03 bits per heavy atom. The number of nitrogens with zero attached hydrogens (tertiary/aromatic N) is 4. The Balaban J connectivity index is 1.24. The highest BCUT2D eigenvalue weighted by Gasteiger charge is 2.21. The summed E-state index contributed by atoms with van der Waals surface area (Å²) in [4.78, 5) is 24.1. The number of hydrogen-bond acceptors (Lipinski definition) is 7. The van der Waals surface area contributed by atoms with Crippen LogP contribution in [0.1, 0.15) is 29.8 Å². The van der Waals surface area contributed by atoms with Crippen LogP contribution in [0.5, 0.6) is 5.75 Å². The molecule has 8 heteroatoms. The molecular weight excluding hydrogens is 398 g/mol. The lowest BCUT2D eigenvalue weighted by Crippen LogP contribution is -2.46. The molecule has 4 rings (SSSR count). The highest BCUT2D eigenvalue weighted by atomic mass is 32.1. The van der Waals surface area contributed by atoms with Gasteiger partial charge in [0.25, 0.3) is 5.91 Å². The van der Waals surface area contributed by atoms with Crippen molar-refractivity contribution in [2.45, 2.75) is 19.3 Å². The van der Waals surface area contributed by atoms with Gasteiger partial charge < -0.3 is 24.8 Å². The molecule has 0 unspecified atom stereocenters. The van der Waals surface area contributed by atoms with Crippen molar-refractivity contribution in [3.8, 4) is 5.75 Å². The molecule has 0 atom stereocenters. The van der Waals surface area contributed by atoms with Crippen molar-refractivity contribution < 1.29 is 9.53 Å². The quantitative estimate of drug-likeness (QED) is 0.730. The van der Waals surface area contributed by atoms with Crippen molar-refractivity contribution in [3.63, 3.8) is 0 Å². The summed E-state index contributed by atoms with van der Waals surface area (Å²) in [7, 11) is 1.69. The summed E-state index contributed by atoms with van der Waals surface area (Å²) in [5.74, 6) is 0.813. The maximum Gasteiger partial charge on any atom is 0.270 e. The number of hydrogen-bond donors (Lipinski definition) is 1. The SMILES string of the molecule is COc1ccc(N2CCN(c3nc(C(=O)NCCN4CCCCC4)cs3)CC2)cc1. The summed E-state index contributed by atoms with van der Waals surface area (Å²) in [6.45, 7) is 7.58. The Morgan fingerprint density at radius 2 is 1.73 bits per heavy atom. The largest absolute Gasteiger partial charge is 0.497 e. The van der Waals surface area contributed by atoms with Crippen molar-refractivity contribution in [2.24, 2.45) is 0 Å². The highest BCUT2D eigenvalue weighted by molar-refractivity contribution is 7.13. The first-order valence-electron chi connectivity index (χ1n) is 10.8. The third-order valence-electron chi connectivity index (χ3n) is 5.87. The molecule has 2 fully saturated rings. The number of thiazole rings is 1. The fourth-order valence-corrected chi connectivity index (χ4v) is 4.92. The normalized spacial score (nSPS) is 17.8. The number of carbonyl (C=O) groups excluding carboxylic acids is 1. The van der Waals surface area contributed by atoms with Gasteiger partial charge in [-0.25, -0.2) is 4.98 Å². The molecule has 1 N–H and O–H groups in total. The predicted molar refractivity (Wildman–Crippen MR) is 122 cm³/mol. The molecule has 0 aliphatic carbocycles. The minimum Gasteiger partial charge on any atom is -0.497 e. The van der Waals surface area contributed by atoms with Gasteiger partial charge in [0, 0.05) is 50.3 Å². The fraction of sp³-hybridized carbons (Fsp3) is 0.545. The number of rotatable bonds is 7. The Labute approximate surface area is 182 Å². The second kappa shape index (κ2) is 10.1. The zero-order chi connectivity index (χ0) is 20.8. The Bertz CT molecular complexity index is 811. The average Bonchev–Trinajstić information content (AvgIpc) is 3.30. The van der Waals surface area contributed by atoms with Crippen LogP contribution in [0.3, 0.4) is 0 Å². The van der Waals surface area contributed by atoms with Crippen LogP contribution < -0.4 is 19.9 Å². The van der Waals surface area contributed by atoms with E-state index in [2.05, 4.69) is 37.1 Å². The lowest BCUT2D eigenvalue weighted by molar-refractivity contribution is 0.0942. The standard InChI is InChI=1S/C22H31N5O2S/c1-29-19-7-5-18(6-8-19)26-13-15-27(16-14-26)22-24-20(17-30-22)21(28)23-9-12-25-10-3-2-4-11-25/h5-8,17H,2-4,9-16H2,1H3,(H,23,28). The molecule has 7 nitrogen and oxygen atoms in total. The smallest absolute Gasteiger partial charge is 0.270 e. The van der Waals surface area contributed by atoms with Gasteiger partial charge in [-0.1, -0.05) is 6.42 Å². The van der Waals surface area contributed by atoms with E-state index >= 15 is 0 Å². The third-order valence-corrected chi connectivity index (χ3v) is 6.78. The van der Waals surface area contributed by atoms with Crippen LogP contribution in [0.15, 0.2) is 29.6 Å². The number of methoxy groups -OCH3 is 1. The van der Waals surface area contributed by atoms with Crippen LogP contribution in [0.2, 0.25) is 0 Å². The number of benzene rings is 1. The maximum absolute atomic E-state index is 12.4. The number of piperazine rings is 1. The first kappa shape index (κ1) is 20.9. The molecule has 162 valence electrons. The van der Waals surface area contributed by atoms with Crippen LogP contribution in [-0.4, -0.2) is 75.3 Å². The molecule has 2 aromatic rings. The lowest BCUT2D eigenvalue weighted by atomic mass is 10.1. The van der Waals surface area contributed by atoms with E-state index in [-0.39, 0.29) is 5.91 Å². The molecule has 0 spiro atoms. The summed E-state index contributed by atoms with van der Waals surface area (Å²) in [5.41, 5.74) is 1.74. The molecule has 1 aromatic carbocycles. The van der Waals surface area contributed by atoms with Crippen LogP contribution in [0.25, 0.3) is 0 Å². The second-order valence-corrected chi connectivity index (χ2v) is 8.68. The second-order valence-electron chi connectivity index (χ2n) is 7.85. The molecule has 2 saturated heterocycles. The van der Waals surface area contributed by atoms with Gasteiger partial charge in [-0.3, -0.25) is 4.79 Å². The van der Waals surface area contributed by atoms with Gasteiger partial charge >= 0.3 is 0 Å². The molecule has 2 aliphatic rings. The lowest BCUT2D eigenvalue weighted by Gasteiger charge is -2.36. The molecule has 1 amide bonds. The summed E-state index contributed by atoms with van der Waals surface area (Å²) in [6, 6.07) is 8.20. The zero-order valence-electron chi connectivity index (χ0n) is 17.7. The first-order valence-corrected chi connectivity index (χ1v) is 11.7. The Hall–Kier alpha value is -2.32. The summed E-state index contributed by atoms with van der Waals surface area (Å²) < 4.78 is 5.24. The molecule has 3 heterocycles. The molecule has 0 radical (unpaired) electrons. The van der Waals surface area contributed by atoms with Crippen LogP contribution in [0.4, 0.5) is 10.8 Å². The summed E-state index contributed by atoms with van der Waals surface area (Å²) in [5, 5.41) is 5.84. The van der Waals surface area contributed by atoms with Crippen molar-refractivity contribution in [1.82, 2.24) is 15.2 Å². The number of nitrogens with one attached hydrogen (secondary N) is 1. The molecule has 30 heavy (non-hydrogen) atoms. The van der Waals surface area contributed by atoms with E-state index in [0.717, 1.165) is 56.7 Å². The molecule has 0 saturated carbocycles. The summed E-state index contributed by atoms with van der Waals surface area (Å²) >= 11 is 1.56. The number of carbonyl (C=O) groups is 1. The zero-order valence-corrected chi connectivity index (χ0v) is 18.5. The highest BCUT2D eigenvalue weighted by Crippen LogP contribution is 2.25. The minimum atomic E-state index is -0.0635. The van der Waals surface area contributed by atoms with Gasteiger partial charge in [0.1, 0.15) is 11.4 Å². The number of ether oxygens (including phenoxy) is 1. The molecular formula is C22H31N5O2S. The Kier molecular flexibility index (Phi) is 7.07. The average molecular weight is 430 g/mol. The van der Waals surface area contributed by atoms with Gasteiger partial charge in [-0.05, 0) is 50.2 Å². The molecule has 2 aliphatic heterocycles. The Morgan fingerprint density at radius 3 is 2.43 bits per heavy atom. The number of likely N-dealkylation sites (tertiary alicyclic amines) is 1. The van der Waals surface area contributed by atoms with Gasteiger partial charge in [-0.15, -0.1) is 11.3 Å². The number of piperidine rings is 1. The van der Waals surface area contributed by atoms with E-state index in [1.807, 2.05) is 17.5 Å². The minimum absolute atomic E-state index is 0.0635. The van der Waals surface area contributed by atoms with Gasteiger partial charge in [-0.2, -0.15) is 0 Å². The van der Waals surface area contributed by atoms with Crippen LogP contribution in [-0.2, 0) is 0 Å². The van der Waals surface area contributed by atoms with E-state index < -0.39 is 0 Å². The van der Waals surface area contributed by atoms with Crippen molar-refractivity contribution in [1.29, 1.82) is 0 Å². The van der Waals surface area contributed by atoms with Crippen LogP contribution >= 0.6 is 11.3 Å². The maximum atomic E-state index is 12.4. The topological polar surface area (TPSA) is 60.9 Å². The van der Waals surface area contributed by atoms with E-state index in [1.165, 1.54) is 24.9 Å². The number of amides is 1. The monoisotopic (exact) mass is 429 g/mol. The van der Waals surface area contributed by atoms with E-state index in [0.29, 0.717) is 12.2 Å². The van der Waals surface area contributed by atoms with E-state index in [9.17, 15) is 4.79 Å². The molecule has 1 aromatic heterocycles. The van der Waals surface area contributed by atoms with Gasteiger partial charge in [0.05, 0.1) is 7.11 Å². The molecule has 0 bridgehead atoms.